The molecule has 1 unspecified atom stereocenters. The average Bonchev–Trinajstić information content (AvgIpc) is 3.36. The molecule has 8 nitrogen and oxygen atoms in total. The highest BCUT2D eigenvalue weighted by Crippen LogP contribution is 2.35. The number of nitrogens with zero attached hydrogens (tertiary/aromatic N) is 2. The van der Waals surface area contributed by atoms with E-state index in [1.54, 1.807) is 24.0 Å². The fraction of sp³-hybridized carbons (Fsp3) is 0.324. The second-order valence-electron chi connectivity index (χ2n) is 11.1. The molecule has 4 aromatic rings. The number of ether oxygens (including phenoxy) is 4. The Morgan fingerprint density at radius 3 is 2.52 bits per heavy atom. The molecule has 0 saturated heterocycles. The number of hydrogen-bond donors (Lipinski definition) is 0. The molecule has 218 valence electrons. The normalized spacial score (nSPS) is 14.5. The van der Waals surface area contributed by atoms with Gasteiger partial charge in [-0.05, 0) is 87.7 Å². The van der Waals surface area contributed by atoms with Crippen LogP contribution in [0.4, 0.5) is 10.5 Å². The van der Waals surface area contributed by atoms with Crippen molar-refractivity contribution in [3.8, 4) is 11.1 Å². The highest BCUT2D eigenvalue weighted by atomic mass is 16.7. The molecule has 1 amide bonds. The van der Waals surface area contributed by atoms with Crippen molar-refractivity contribution in [1.29, 1.82) is 0 Å². The molecular formula is C34H36N2O6. The number of carbonyl (C=O) groups is 2. The van der Waals surface area contributed by atoms with Gasteiger partial charge in [0.15, 0.2) is 0 Å². The molecule has 0 N–H and O–H groups in total. The van der Waals surface area contributed by atoms with Crippen molar-refractivity contribution >= 4 is 28.7 Å². The summed E-state index contributed by atoms with van der Waals surface area (Å²) in [5.74, 6) is -0.412. The molecule has 5 rings (SSSR count). The molecule has 0 fully saturated rings. The molecule has 3 aromatic carbocycles. The van der Waals surface area contributed by atoms with Crippen molar-refractivity contribution in [3.05, 3.63) is 95.2 Å². The first kappa shape index (κ1) is 29.2. The quantitative estimate of drug-likeness (QED) is 0.202. The first-order chi connectivity index (χ1) is 20.2. The SMILES string of the molecule is CCOC(=O)c1ccccc1-c1cc(COC2OCc3cc4ccccc4nc32)cc(N(CC)C(=O)OC(C)(C)C)c1. The van der Waals surface area contributed by atoms with Crippen LogP contribution >= 0.6 is 0 Å². The topological polar surface area (TPSA) is 87.2 Å². The van der Waals surface area contributed by atoms with E-state index in [4.69, 9.17) is 23.9 Å². The van der Waals surface area contributed by atoms with Gasteiger partial charge in [-0.2, -0.15) is 0 Å². The van der Waals surface area contributed by atoms with Gasteiger partial charge in [-0.15, -0.1) is 0 Å². The van der Waals surface area contributed by atoms with E-state index >= 15 is 0 Å². The van der Waals surface area contributed by atoms with Crippen molar-refractivity contribution in [2.45, 2.75) is 59.7 Å². The number of fused-ring (bicyclic) bond motifs is 2. The number of rotatable bonds is 8. The smallest absolute Gasteiger partial charge is 0.414 e. The fourth-order valence-electron chi connectivity index (χ4n) is 4.96. The molecule has 0 radical (unpaired) electrons. The van der Waals surface area contributed by atoms with Gasteiger partial charge >= 0.3 is 12.1 Å². The third-order valence-corrected chi connectivity index (χ3v) is 6.80. The number of benzene rings is 3. The zero-order chi connectivity index (χ0) is 29.9. The summed E-state index contributed by atoms with van der Waals surface area (Å²) in [4.78, 5) is 32.4. The Morgan fingerprint density at radius 2 is 1.76 bits per heavy atom. The molecule has 1 atom stereocenters. The van der Waals surface area contributed by atoms with Crippen LogP contribution in [0.3, 0.4) is 0 Å². The van der Waals surface area contributed by atoms with Gasteiger partial charge in [-0.3, -0.25) is 4.90 Å². The third-order valence-electron chi connectivity index (χ3n) is 6.80. The number of pyridine rings is 1. The Labute approximate surface area is 246 Å². The summed E-state index contributed by atoms with van der Waals surface area (Å²) in [6, 6.07) is 23.0. The summed E-state index contributed by atoms with van der Waals surface area (Å²) in [5.41, 5.74) is 5.27. The third kappa shape index (κ3) is 6.45. The minimum atomic E-state index is -0.658. The number of aromatic nitrogens is 1. The van der Waals surface area contributed by atoms with Crippen molar-refractivity contribution in [2.75, 3.05) is 18.1 Å². The highest BCUT2D eigenvalue weighted by Gasteiger charge is 2.27. The van der Waals surface area contributed by atoms with Crippen LogP contribution in [0.1, 0.15) is 68.1 Å². The van der Waals surface area contributed by atoms with Crippen LogP contribution in [0.15, 0.2) is 72.8 Å². The minimum Gasteiger partial charge on any atom is -0.462 e. The molecule has 1 aromatic heterocycles. The van der Waals surface area contributed by atoms with Crippen LogP contribution < -0.4 is 4.90 Å². The predicted octanol–water partition coefficient (Wildman–Crippen LogP) is 7.59. The van der Waals surface area contributed by atoms with Crippen molar-refractivity contribution in [2.24, 2.45) is 0 Å². The number of para-hydroxylation sites is 1. The average molecular weight is 569 g/mol. The van der Waals surface area contributed by atoms with E-state index in [0.717, 1.165) is 33.3 Å². The fourth-order valence-corrected chi connectivity index (χ4v) is 4.96. The lowest BCUT2D eigenvalue weighted by Crippen LogP contribution is -2.36. The highest BCUT2D eigenvalue weighted by molar-refractivity contribution is 5.98. The lowest BCUT2D eigenvalue weighted by Gasteiger charge is -2.27. The summed E-state index contributed by atoms with van der Waals surface area (Å²) < 4.78 is 23.3. The zero-order valence-corrected chi connectivity index (χ0v) is 24.7. The molecule has 0 saturated carbocycles. The van der Waals surface area contributed by atoms with Crippen LogP contribution in [0, 0.1) is 0 Å². The second-order valence-corrected chi connectivity index (χ2v) is 11.1. The lowest BCUT2D eigenvalue weighted by atomic mass is 9.97. The van der Waals surface area contributed by atoms with Crippen LogP contribution in [0.2, 0.25) is 0 Å². The minimum absolute atomic E-state index is 0.187. The van der Waals surface area contributed by atoms with Gasteiger partial charge in [0.25, 0.3) is 0 Å². The molecule has 0 bridgehead atoms. The maximum atomic E-state index is 13.2. The van der Waals surface area contributed by atoms with Crippen molar-refractivity contribution in [1.82, 2.24) is 4.98 Å². The molecular weight excluding hydrogens is 532 g/mol. The molecule has 1 aliphatic rings. The largest absolute Gasteiger partial charge is 0.462 e. The maximum absolute atomic E-state index is 13.2. The van der Waals surface area contributed by atoms with Gasteiger partial charge in [0.2, 0.25) is 6.29 Å². The van der Waals surface area contributed by atoms with Crippen molar-refractivity contribution < 1.29 is 28.5 Å². The van der Waals surface area contributed by atoms with E-state index in [1.165, 1.54) is 0 Å². The Balaban J connectivity index is 1.50. The van der Waals surface area contributed by atoms with Gasteiger partial charge < -0.3 is 18.9 Å². The number of esters is 1. The standard InChI is InChI=1S/C34H36N2O6/c1-6-36(33(38)42-34(3,4)5)26-17-22(16-24(19-26)27-13-9-10-14-28(27)31(37)39-7-2)20-40-32-30-25(21-41-32)18-23-12-8-11-15-29(23)35-30/h8-19,32H,6-7,20-21H2,1-5H3. The van der Waals surface area contributed by atoms with E-state index in [2.05, 4.69) is 6.07 Å². The molecule has 42 heavy (non-hydrogen) atoms. The summed E-state index contributed by atoms with van der Waals surface area (Å²) in [7, 11) is 0. The van der Waals surface area contributed by atoms with Gasteiger partial charge in [-0.25, -0.2) is 14.6 Å². The monoisotopic (exact) mass is 568 g/mol. The van der Waals surface area contributed by atoms with E-state index in [0.29, 0.717) is 30.0 Å². The summed E-state index contributed by atoms with van der Waals surface area (Å²) in [6.45, 7) is 10.4. The zero-order valence-electron chi connectivity index (χ0n) is 24.7. The number of carbonyl (C=O) groups excluding carboxylic acids is 2. The summed E-state index contributed by atoms with van der Waals surface area (Å²) >= 11 is 0. The number of amides is 1. The van der Waals surface area contributed by atoms with Gasteiger partial charge in [0.1, 0.15) is 11.3 Å². The van der Waals surface area contributed by atoms with E-state index in [1.807, 2.05) is 82.3 Å². The van der Waals surface area contributed by atoms with Crippen LogP contribution in [0.25, 0.3) is 22.0 Å². The molecule has 0 aliphatic carbocycles. The predicted molar refractivity (Wildman–Crippen MR) is 161 cm³/mol. The summed E-state index contributed by atoms with van der Waals surface area (Å²) in [6.07, 6.45) is -1.09. The Bertz CT molecular complexity index is 1610. The molecule has 2 heterocycles. The maximum Gasteiger partial charge on any atom is 0.414 e. The first-order valence-corrected chi connectivity index (χ1v) is 14.2. The van der Waals surface area contributed by atoms with Gasteiger partial charge in [0, 0.05) is 23.2 Å². The molecule has 1 aliphatic heterocycles. The Kier molecular flexibility index (Phi) is 8.56. The van der Waals surface area contributed by atoms with Gasteiger partial charge in [-0.1, -0.05) is 36.4 Å². The van der Waals surface area contributed by atoms with E-state index < -0.39 is 24.0 Å². The van der Waals surface area contributed by atoms with Crippen LogP contribution in [-0.4, -0.2) is 35.8 Å². The lowest BCUT2D eigenvalue weighted by molar-refractivity contribution is -0.147. The van der Waals surface area contributed by atoms with E-state index in [-0.39, 0.29) is 13.2 Å². The Morgan fingerprint density at radius 1 is 1.00 bits per heavy atom. The molecule has 8 heteroatoms. The van der Waals surface area contributed by atoms with Gasteiger partial charge in [0.05, 0.1) is 30.9 Å². The number of hydrogen-bond acceptors (Lipinski definition) is 7. The Hall–Kier alpha value is -4.27. The number of anilines is 1. The first-order valence-electron chi connectivity index (χ1n) is 14.2. The van der Waals surface area contributed by atoms with Crippen molar-refractivity contribution in [3.63, 3.8) is 0 Å². The van der Waals surface area contributed by atoms with Crippen LogP contribution in [-0.2, 0) is 32.2 Å². The van der Waals surface area contributed by atoms with E-state index in [9.17, 15) is 9.59 Å². The molecule has 0 spiro atoms. The second kappa shape index (κ2) is 12.3. The van der Waals surface area contributed by atoms with Crippen LogP contribution in [0.5, 0.6) is 0 Å². The summed E-state index contributed by atoms with van der Waals surface area (Å²) in [5, 5.41) is 1.06.